The highest BCUT2D eigenvalue weighted by Crippen LogP contribution is 2.14. The molecule has 0 unspecified atom stereocenters. The van der Waals surface area contributed by atoms with Crippen molar-refractivity contribution in [3.63, 3.8) is 0 Å². The molecule has 0 aliphatic carbocycles. The number of hydrogen-bond acceptors (Lipinski definition) is 3. The van der Waals surface area contributed by atoms with Crippen LogP contribution in [0.5, 0.6) is 0 Å². The van der Waals surface area contributed by atoms with Gasteiger partial charge in [-0.3, -0.25) is 4.79 Å². The highest BCUT2D eigenvalue weighted by Gasteiger charge is 2.01. The molecule has 1 heterocycles. The summed E-state index contributed by atoms with van der Waals surface area (Å²) in [4.78, 5) is 12.5. The van der Waals surface area contributed by atoms with Gasteiger partial charge in [-0.2, -0.15) is 0 Å². The molecule has 1 aromatic rings. The average Bonchev–Trinajstić information content (AvgIpc) is 2.61. The molecule has 0 saturated heterocycles. The molecule has 1 amide bonds. The molecule has 0 bridgehead atoms. The third-order valence-electron chi connectivity index (χ3n) is 2.11. The molecule has 0 saturated carbocycles. The number of amides is 1. The Labute approximate surface area is 94.9 Å². The van der Waals surface area contributed by atoms with E-state index in [2.05, 4.69) is 29.0 Å². The van der Waals surface area contributed by atoms with Gasteiger partial charge < -0.3 is 10.6 Å². The second-order valence-electron chi connectivity index (χ2n) is 3.48. The van der Waals surface area contributed by atoms with Crippen LogP contribution in [-0.4, -0.2) is 19.0 Å². The standard InChI is InChI=1S/C11H18N2OS/c1-3-5-13-11(14)8-12-7-10-9(2)4-6-15-10/h4,6,12H,3,5,7-8H2,1-2H3,(H,13,14). The summed E-state index contributed by atoms with van der Waals surface area (Å²) < 4.78 is 0. The molecule has 0 aliphatic rings. The first-order valence-corrected chi connectivity index (χ1v) is 6.12. The summed E-state index contributed by atoms with van der Waals surface area (Å²) in [7, 11) is 0. The van der Waals surface area contributed by atoms with Gasteiger partial charge in [-0.25, -0.2) is 0 Å². The van der Waals surface area contributed by atoms with E-state index < -0.39 is 0 Å². The summed E-state index contributed by atoms with van der Waals surface area (Å²) in [5.41, 5.74) is 1.29. The van der Waals surface area contributed by atoms with Crippen molar-refractivity contribution in [3.8, 4) is 0 Å². The molecule has 0 aromatic carbocycles. The lowest BCUT2D eigenvalue weighted by Crippen LogP contribution is -2.33. The number of nitrogens with one attached hydrogen (secondary N) is 2. The van der Waals surface area contributed by atoms with Crippen LogP contribution in [0, 0.1) is 6.92 Å². The van der Waals surface area contributed by atoms with Gasteiger partial charge in [0.15, 0.2) is 0 Å². The van der Waals surface area contributed by atoms with Crippen LogP contribution in [0.15, 0.2) is 11.4 Å². The smallest absolute Gasteiger partial charge is 0.233 e. The highest BCUT2D eigenvalue weighted by atomic mass is 32.1. The lowest BCUT2D eigenvalue weighted by atomic mass is 10.3. The summed E-state index contributed by atoms with van der Waals surface area (Å²) in [6.45, 7) is 6.08. The van der Waals surface area contributed by atoms with E-state index in [1.807, 2.05) is 6.92 Å². The molecular formula is C11H18N2OS. The largest absolute Gasteiger partial charge is 0.355 e. The summed E-state index contributed by atoms with van der Waals surface area (Å²) in [5, 5.41) is 8.04. The van der Waals surface area contributed by atoms with E-state index in [-0.39, 0.29) is 5.91 Å². The van der Waals surface area contributed by atoms with E-state index in [1.165, 1.54) is 10.4 Å². The molecule has 0 aliphatic heterocycles. The van der Waals surface area contributed by atoms with Crippen molar-refractivity contribution in [2.45, 2.75) is 26.8 Å². The molecule has 84 valence electrons. The van der Waals surface area contributed by atoms with Crippen LogP contribution >= 0.6 is 11.3 Å². The van der Waals surface area contributed by atoms with Gasteiger partial charge in [-0.1, -0.05) is 6.92 Å². The zero-order valence-electron chi connectivity index (χ0n) is 9.30. The topological polar surface area (TPSA) is 41.1 Å². The second kappa shape index (κ2) is 6.58. The van der Waals surface area contributed by atoms with Crippen LogP contribution in [0.4, 0.5) is 0 Å². The molecule has 1 rings (SSSR count). The Morgan fingerprint density at radius 2 is 2.33 bits per heavy atom. The summed E-state index contributed by atoms with van der Waals surface area (Å²) in [6, 6.07) is 2.10. The molecule has 15 heavy (non-hydrogen) atoms. The van der Waals surface area contributed by atoms with E-state index in [0.29, 0.717) is 6.54 Å². The maximum atomic E-state index is 11.2. The fourth-order valence-electron chi connectivity index (χ4n) is 1.20. The van der Waals surface area contributed by atoms with Crippen LogP contribution in [-0.2, 0) is 11.3 Å². The first kappa shape index (κ1) is 12.2. The van der Waals surface area contributed by atoms with Gasteiger partial charge >= 0.3 is 0 Å². The van der Waals surface area contributed by atoms with Crippen molar-refractivity contribution in [2.75, 3.05) is 13.1 Å². The lowest BCUT2D eigenvalue weighted by Gasteiger charge is -2.05. The van der Waals surface area contributed by atoms with E-state index in [9.17, 15) is 4.79 Å². The van der Waals surface area contributed by atoms with E-state index in [4.69, 9.17) is 0 Å². The molecule has 1 aromatic heterocycles. The number of carbonyl (C=O) groups is 1. The average molecular weight is 226 g/mol. The minimum atomic E-state index is 0.0751. The van der Waals surface area contributed by atoms with Crippen molar-refractivity contribution in [1.82, 2.24) is 10.6 Å². The van der Waals surface area contributed by atoms with Gasteiger partial charge in [0.05, 0.1) is 6.54 Å². The van der Waals surface area contributed by atoms with Crippen molar-refractivity contribution in [3.05, 3.63) is 21.9 Å². The van der Waals surface area contributed by atoms with E-state index >= 15 is 0 Å². The number of carbonyl (C=O) groups excluding carboxylic acids is 1. The summed E-state index contributed by atoms with van der Waals surface area (Å²) in [5.74, 6) is 0.0751. The maximum absolute atomic E-state index is 11.2. The predicted octanol–water partition coefficient (Wildman–Crippen LogP) is 1.67. The Morgan fingerprint density at radius 3 is 2.93 bits per heavy atom. The molecule has 2 N–H and O–H groups in total. The first-order valence-electron chi connectivity index (χ1n) is 5.24. The Hall–Kier alpha value is -0.870. The van der Waals surface area contributed by atoms with Crippen LogP contribution in [0.2, 0.25) is 0 Å². The minimum absolute atomic E-state index is 0.0751. The third-order valence-corrected chi connectivity index (χ3v) is 3.13. The van der Waals surface area contributed by atoms with Crippen molar-refractivity contribution in [1.29, 1.82) is 0 Å². The van der Waals surface area contributed by atoms with Gasteiger partial charge in [-0.05, 0) is 30.4 Å². The van der Waals surface area contributed by atoms with Crippen LogP contribution in [0.1, 0.15) is 23.8 Å². The first-order chi connectivity index (χ1) is 7.24. The lowest BCUT2D eigenvalue weighted by molar-refractivity contribution is -0.120. The Kier molecular flexibility index (Phi) is 5.36. The molecule has 0 spiro atoms. The summed E-state index contributed by atoms with van der Waals surface area (Å²) >= 11 is 1.72. The molecule has 0 fully saturated rings. The van der Waals surface area contributed by atoms with Crippen molar-refractivity contribution >= 4 is 17.2 Å². The number of thiophene rings is 1. The zero-order valence-corrected chi connectivity index (χ0v) is 10.1. The van der Waals surface area contributed by atoms with Gasteiger partial charge in [-0.15, -0.1) is 11.3 Å². The quantitative estimate of drug-likeness (QED) is 0.775. The number of hydrogen-bond donors (Lipinski definition) is 2. The fraction of sp³-hybridized carbons (Fsp3) is 0.545. The van der Waals surface area contributed by atoms with E-state index in [0.717, 1.165) is 19.5 Å². The maximum Gasteiger partial charge on any atom is 0.233 e. The number of aryl methyl sites for hydroxylation is 1. The SMILES string of the molecule is CCCNC(=O)CNCc1sccc1C. The fourth-order valence-corrected chi connectivity index (χ4v) is 2.08. The molecular weight excluding hydrogens is 208 g/mol. The van der Waals surface area contributed by atoms with Crippen molar-refractivity contribution < 1.29 is 4.79 Å². The third kappa shape index (κ3) is 4.44. The molecule has 0 atom stereocenters. The highest BCUT2D eigenvalue weighted by molar-refractivity contribution is 7.10. The monoisotopic (exact) mass is 226 g/mol. The predicted molar refractivity (Wildman–Crippen MR) is 64.1 cm³/mol. The second-order valence-corrected chi connectivity index (χ2v) is 4.48. The molecule has 4 heteroatoms. The van der Waals surface area contributed by atoms with Gasteiger partial charge in [0.25, 0.3) is 0 Å². The molecule has 3 nitrogen and oxygen atoms in total. The van der Waals surface area contributed by atoms with Crippen LogP contribution < -0.4 is 10.6 Å². The van der Waals surface area contributed by atoms with E-state index in [1.54, 1.807) is 11.3 Å². The van der Waals surface area contributed by atoms with Gasteiger partial charge in [0.2, 0.25) is 5.91 Å². The normalized spacial score (nSPS) is 10.3. The minimum Gasteiger partial charge on any atom is -0.355 e. The summed E-state index contributed by atoms with van der Waals surface area (Å²) in [6.07, 6.45) is 0.982. The number of rotatable bonds is 6. The van der Waals surface area contributed by atoms with Crippen molar-refractivity contribution in [2.24, 2.45) is 0 Å². The Bertz CT molecular complexity index is 309. The molecule has 0 radical (unpaired) electrons. The Morgan fingerprint density at radius 1 is 1.53 bits per heavy atom. The van der Waals surface area contributed by atoms with Crippen LogP contribution in [0.25, 0.3) is 0 Å². The van der Waals surface area contributed by atoms with Gasteiger partial charge in [0, 0.05) is 18.0 Å². The van der Waals surface area contributed by atoms with Crippen LogP contribution in [0.3, 0.4) is 0 Å². The zero-order chi connectivity index (χ0) is 11.1. The van der Waals surface area contributed by atoms with Gasteiger partial charge in [0.1, 0.15) is 0 Å². The Balaban J connectivity index is 2.16.